The summed E-state index contributed by atoms with van der Waals surface area (Å²) in [6.07, 6.45) is 5.50. The number of hydrogen-bond donors (Lipinski definition) is 2. The summed E-state index contributed by atoms with van der Waals surface area (Å²) in [5, 5.41) is 0. The maximum atomic E-state index is 12.0. The second-order valence-electron chi connectivity index (χ2n) is 6.95. The van der Waals surface area contributed by atoms with Gasteiger partial charge >= 0.3 is 0 Å². The average molecular weight is 342 g/mol. The Morgan fingerprint density at radius 3 is 2.64 bits per heavy atom. The van der Waals surface area contributed by atoms with E-state index in [-0.39, 0.29) is 11.9 Å². The molecule has 0 saturated heterocycles. The summed E-state index contributed by atoms with van der Waals surface area (Å²) in [6.45, 7) is 0. The van der Waals surface area contributed by atoms with Gasteiger partial charge in [0.25, 0.3) is 0 Å². The Kier molecular flexibility index (Phi) is 4.65. The molecule has 1 aliphatic carbocycles. The highest BCUT2D eigenvalue weighted by Crippen LogP contribution is 2.39. The van der Waals surface area contributed by atoms with E-state index in [1.807, 2.05) is 29.2 Å². The number of nitrogens with two attached hydrogens (primary N) is 2. The van der Waals surface area contributed by atoms with Crippen LogP contribution in [0.4, 0.5) is 5.69 Å². The van der Waals surface area contributed by atoms with Gasteiger partial charge in [-0.25, -0.2) is 4.99 Å². The molecular formula is C18H26N6O. The number of anilines is 1. The Bertz CT molecular complexity index is 718. The van der Waals surface area contributed by atoms with Crippen LogP contribution in [0.15, 0.2) is 34.3 Å². The minimum atomic E-state index is -0.460. The van der Waals surface area contributed by atoms with Crippen molar-refractivity contribution in [3.05, 3.63) is 29.8 Å². The Labute approximate surface area is 148 Å². The molecule has 4 N–H and O–H groups in total. The fourth-order valence-corrected chi connectivity index (χ4v) is 3.63. The number of rotatable bonds is 3. The number of guanidine groups is 2. The molecule has 1 aliphatic heterocycles. The number of aliphatic imine (C=N–C) groups is 2. The third-order valence-electron chi connectivity index (χ3n) is 4.87. The Morgan fingerprint density at radius 1 is 1.24 bits per heavy atom. The van der Waals surface area contributed by atoms with Gasteiger partial charge in [0.2, 0.25) is 17.8 Å². The van der Waals surface area contributed by atoms with Crippen molar-refractivity contribution in [3.8, 4) is 0 Å². The van der Waals surface area contributed by atoms with Gasteiger partial charge in [-0.05, 0) is 43.4 Å². The predicted molar refractivity (Wildman–Crippen MR) is 100 cm³/mol. The van der Waals surface area contributed by atoms with Gasteiger partial charge in [-0.15, -0.1) is 0 Å². The Hall–Kier alpha value is -2.57. The van der Waals surface area contributed by atoms with Gasteiger partial charge < -0.3 is 16.4 Å². The third-order valence-corrected chi connectivity index (χ3v) is 4.87. The summed E-state index contributed by atoms with van der Waals surface area (Å²) in [5.41, 5.74) is 13.5. The first-order valence-electron chi connectivity index (χ1n) is 8.70. The molecule has 0 unspecified atom stereocenters. The normalized spacial score (nSPS) is 19.4. The lowest BCUT2D eigenvalue weighted by atomic mass is 9.87. The Balaban J connectivity index is 1.96. The van der Waals surface area contributed by atoms with Crippen molar-refractivity contribution in [2.24, 2.45) is 21.5 Å². The molecule has 7 heteroatoms. The molecule has 25 heavy (non-hydrogen) atoms. The lowest BCUT2D eigenvalue weighted by Gasteiger charge is -2.45. The highest BCUT2D eigenvalue weighted by atomic mass is 16.2. The minimum Gasteiger partial charge on any atom is -0.369 e. The van der Waals surface area contributed by atoms with E-state index in [2.05, 4.69) is 9.98 Å². The van der Waals surface area contributed by atoms with Crippen molar-refractivity contribution in [3.63, 3.8) is 0 Å². The zero-order chi connectivity index (χ0) is 18.0. The molecule has 134 valence electrons. The average Bonchev–Trinajstić information content (AvgIpc) is 2.55. The topological polar surface area (TPSA) is 100 Å². The molecule has 0 atom stereocenters. The molecule has 1 saturated carbocycles. The van der Waals surface area contributed by atoms with Crippen molar-refractivity contribution >= 4 is 23.5 Å². The van der Waals surface area contributed by atoms with Crippen LogP contribution in [0.2, 0.25) is 0 Å². The van der Waals surface area contributed by atoms with Crippen LogP contribution in [0.1, 0.15) is 37.7 Å². The van der Waals surface area contributed by atoms with E-state index in [1.54, 1.807) is 19.0 Å². The zero-order valence-electron chi connectivity index (χ0n) is 14.9. The van der Waals surface area contributed by atoms with E-state index < -0.39 is 5.66 Å². The predicted octanol–water partition coefficient (Wildman–Crippen LogP) is 1.43. The number of nitrogens with zero attached hydrogens (tertiary/aromatic N) is 4. The maximum Gasteiger partial charge on any atom is 0.226 e. The van der Waals surface area contributed by atoms with E-state index in [9.17, 15) is 4.79 Å². The van der Waals surface area contributed by atoms with Gasteiger partial charge in [-0.2, -0.15) is 4.99 Å². The molecule has 1 spiro atoms. The molecule has 7 nitrogen and oxygen atoms in total. The number of amides is 1. The van der Waals surface area contributed by atoms with Crippen LogP contribution in [-0.2, 0) is 11.2 Å². The summed E-state index contributed by atoms with van der Waals surface area (Å²) < 4.78 is 0. The summed E-state index contributed by atoms with van der Waals surface area (Å²) in [5.74, 6) is 0.673. The molecule has 0 radical (unpaired) electrons. The number of hydrogen-bond acceptors (Lipinski definition) is 6. The fourth-order valence-electron chi connectivity index (χ4n) is 3.63. The number of carbonyl (C=O) groups is 1. The second-order valence-corrected chi connectivity index (χ2v) is 6.95. The third kappa shape index (κ3) is 3.45. The van der Waals surface area contributed by atoms with Crippen LogP contribution in [0, 0.1) is 0 Å². The van der Waals surface area contributed by atoms with Crippen molar-refractivity contribution in [1.29, 1.82) is 0 Å². The lowest BCUT2D eigenvalue weighted by Crippen LogP contribution is -2.58. The first kappa shape index (κ1) is 17.3. The molecule has 1 fully saturated rings. The Morgan fingerprint density at radius 2 is 1.96 bits per heavy atom. The monoisotopic (exact) mass is 342 g/mol. The molecule has 3 rings (SSSR count). The largest absolute Gasteiger partial charge is 0.369 e. The van der Waals surface area contributed by atoms with Crippen LogP contribution in [0.5, 0.6) is 0 Å². The van der Waals surface area contributed by atoms with Gasteiger partial charge in [0.05, 0.1) is 6.42 Å². The number of likely N-dealkylation sites (N-methyl/N-ethyl adjacent to an activating group) is 1. The molecule has 1 heterocycles. The van der Waals surface area contributed by atoms with Gasteiger partial charge in [0.15, 0.2) is 0 Å². The maximum absolute atomic E-state index is 12.0. The molecule has 1 amide bonds. The van der Waals surface area contributed by atoms with E-state index in [0.29, 0.717) is 12.4 Å². The van der Waals surface area contributed by atoms with Crippen molar-refractivity contribution in [2.75, 3.05) is 19.0 Å². The van der Waals surface area contributed by atoms with Gasteiger partial charge in [0.1, 0.15) is 5.66 Å². The summed E-state index contributed by atoms with van der Waals surface area (Å²) in [6, 6.07) is 7.88. The second kappa shape index (κ2) is 6.74. The van der Waals surface area contributed by atoms with Crippen LogP contribution in [0.25, 0.3) is 0 Å². The van der Waals surface area contributed by atoms with Crippen LogP contribution in [-0.4, -0.2) is 42.5 Å². The molecule has 2 aliphatic rings. The molecular weight excluding hydrogens is 316 g/mol. The lowest BCUT2D eigenvalue weighted by molar-refractivity contribution is -0.127. The van der Waals surface area contributed by atoms with Gasteiger partial charge in [-0.3, -0.25) is 9.69 Å². The summed E-state index contributed by atoms with van der Waals surface area (Å²) in [7, 11) is 3.52. The van der Waals surface area contributed by atoms with Crippen molar-refractivity contribution in [1.82, 2.24) is 4.90 Å². The highest BCUT2D eigenvalue weighted by molar-refractivity contribution is 6.05. The van der Waals surface area contributed by atoms with Crippen LogP contribution in [0.3, 0.4) is 0 Å². The fraction of sp³-hybridized carbons (Fsp3) is 0.500. The molecule has 0 aromatic heterocycles. The quantitative estimate of drug-likeness (QED) is 0.867. The summed E-state index contributed by atoms with van der Waals surface area (Å²) >= 11 is 0. The molecule has 1 aromatic carbocycles. The van der Waals surface area contributed by atoms with Gasteiger partial charge in [0, 0.05) is 19.8 Å². The van der Waals surface area contributed by atoms with E-state index >= 15 is 0 Å². The zero-order valence-corrected chi connectivity index (χ0v) is 14.9. The molecule has 1 aromatic rings. The highest BCUT2D eigenvalue weighted by Gasteiger charge is 2.42. The van der Waals surface area contributed by atoms with Crippen LogP contribution >= 0.6 is 0 Å². The van der Waals surface area contributed by atoms with Gasteiger partial charge in [-0.1, -0.05) is 18.6 Å². The minimum absolute atomic E-state index is 0.0621. The van der Waals surface area contributed by atoms with Crippen LogP contribution < -0.4 is 16.4 Å². The first-order chi connectivity index (χ1) is 11.9. The number of carbonyl (C=O) groups excluding carboxylic acids is 1. The number of benzene rings is 1. The smallest absolute Gasteiger partial charge is 0.226 e. The SMILES string of the molecule is CN(C)C(=O)Cc1cccc(N2C(N)=NC(N)=NC23CCCCC3)c1. The van der Waals surface area contributed by atoms with E-state index in [4.69, 9.17) is 11.5 Å². The van der Waals surface area contributed by atoms with E-state index in [1.165, 1.54) is 6.42 Å². The molecule has 0 bridgehead atoms. The van der Waals surface area contributed by atoms with E-state index in [0.717, 1.165) is 36.9 Å². The van der Waals surface area contributed by atoms with Crippen molar-refractivity contribution < 1.29 is 4.79 Å². The van der Waals surface area contributed by atoms with Crippen molar-refractivity contribution in [2.45, 2.75) is 44.2 Å². The summed E-state index contributed by atoms with van der Waals surface area (Å²) in [4.78, 5) is 24.5. The first-order valence-corrected chi connectivity index (χ1v) is 8.70. The standard InChI is InChI=1S/C18H26N6O/c1-23(2)15(25)12-13-7-6-8-14(11-13)24-17(20)21-16(19)22-18(24)9-4-3-5-10-18/h6-8,11H,3-5,9-10,12H2,1-2H3,(H4,19,20,21,22).